The summed E-state index contributed by atoms with van der Waals surface area (Å²) in [5, 5.41) is 8.35. The van der Waals surface area contributed by atoms with Gasteiger partial charge in [-0.05, 0) is 32.0 Å². The summed E-state index contributed by atoms with van der Waals surface area (Å²) in [7, 11) is 1.64. The lowest BCUT2D eigenvalue weighted by molar-refractivity contribution is 0.0727. The molecule has 0 saturated carbocycles. The molecule has 136 valence electrons. The van der Waals surface area contributed by atoms with Gasteiger partial charge >= 0.3 is 5.97 Å². The van der Waals surface area contributed by atoms with Gasteiger partial charge in [-0.1, -0.05) is 9.24 Å². The molecule has 0 aliphatic carbocycles. The molecule has 1 atom stereocenters. The number of halogens is 4. The molecule has 0 spiro atoms. The Labute approximate surface area is 148 Å². The fraction of sp³-hybridized carbons (Fsp3) is 0.176. The zero-order valence-electron chi connectivity index (χ0n) is 13.6. The van der Waals surface area contributed by atoms with Crippen molar-refractivity contribution < 1.29 is 31.8 Å². The minimum Gasteiger partial charge on any atom is -0.490 e. The molecule has 0 saturated heterocycles. The summed E-state index contributed by atoms with van der Waals surface area (Å²) >= 11 is 0. The van der Waals surface area contributed by atoms with E-state index in [1.165, 1.54) is 12.1 Å². The fourth-order valence-electron chi connectivity index (χ4n) is 1.98. The van der Waals surface area contributed by atoms with E-state index in [9.17, 15) is 22.4 Å². The molecule has 9 heteroatoms. The summed E-state index contributed by atoms with van der Waals surface area (Å²) < 4.78 is 63.8. The van der Waals surface area contributed by atoms with Gasteiger partial charge in [0.25, 0.3) is 0 Å². The Morgan fingerprint density at radius 3 is 2.31 bits per heavy atom. The second-order valence-electron chi connectivity index (χ2n) is 5.38. The molecule has 0 aromatic heterocycles. The topological polar surface area (TPSA) is 59.3 Å². The first-order valence-electron chi connectivity index (χ1n) is 7.21. The van der Waals surface area contributed by atoms with Crippen molar-refractivity contribution in [3.8, 4) is 17.6 Å². The van der Waals surface area contributed by atoms with Crippen LogP contribution in [0.1, 0.15) is 29.8 Å². The molecule has 0 bridgehead atoms. The van der Waals surface area contributed by atoms with Crippen LogP contribution in [-0.2, 0) is 0 Å². The van der Waals surface area contributed by atoms with Gasteiger partial charge in [0.1, 0.15) is 11.8 Å². The quantitative estimate of drug-likeness (QED) is 0.201. The third kappa shape index (κ3) is 3.78. The number of hydrogen-bond donors (Lipinski definition) is 0. The summed E-state index contributed by atoms with van der Waals surface area (Å²) in [6.07, 6.45) is -0.223. The molecular weight excluding hydrogens is 373 g/mol. The molecule has 0 heterocycles. The first kappa shape index (κ1) is 19.7. The summed E-state index contributed by atoms with van der Waals surface area (Å²) in [4.78, 5) is 12.1. The van der Waals surface area contributed by atoms with Crippen molar-refractivity contribution in [1.29, 1.82) is 5.26 Å². The van der Waals surface area contributed by atoms with E-state index in [1.807, 2.05) is 6.07 Å². The monoisotopic (exact) mass is 385 g/mol. The van der Waals surface area contributed by atoms with Gasteiger partial charge in [0.05, 0.1) is 22.5 Å². The number of hydrogen-bond acceptors (Lipinski definition) is 4. The summed E-state index contributed by atoms with van der Waals surface area (Å²) in [5.74, 6) is -9.74. The van der Waals surface area contributed by atoms with Crippen LogP contribution in [0.15, 0.2) is 18.2 Å². The molecule has 2 aromatic carbocycles. The van der Waals surface area contributed by atoms with E-state index in [0.717, 1.165) is 6.07 Å². The molecule has 0 N–H and O–H groups in total. The summed E-state index contributed by atoms with van der Waals surface area (Å²) in [5.41, 5.74) is -0.178. The summed E-state index contributed by atoms with van der Waals surface area (Å²) in [6.45, 7) is 3.48. The highest BCUT2D eigenvalue weighted by Gasteiger charge is 2.26. The predicted molar refractivity (Wildman–Crippen MR) is 87.5 cm³/mol. The second kappa shape index (κ2) is 7.71. The Hall–Kier alpha value is -2.65. The van der Waals surface area contributed by atoms with E-state index in [1.54, 1.807) is 23.1 Å². The van der Waals surface area contributed by atoms with Gasteiger partial charge in [-0.15, -0.1) is 0 Å². The molecule has 26 heavy (non-hydrogen) atoms. The number of benzene rings is 2. The molecule has 2 rings (SSSR count). The van der Waals surface area contributed by atoms with Gasteiger partial charge in [0.15, 0.2) is 17.4 Å². The first-order chi connectivity index (χ1) is 12.2. The number of ether oxygens (including phenoxy) is 2. The Morgan fingerprint density at radius 1 is 1.12 bits per heavy atom. The van der Waals surface area contributed by atoms with Crippen LogP contribution in [0.3, 0.4) is 0 Å². The largest absolute Gasteiger partial charge is 0.490 e. The van der Waals surface area contributed by atoms with Crippen molar-refractivity contribution in [1.82, 2.24) is 0 Å². The second-order valence-corrected chi connectivity index (χ2v) is 5.95. The van der Waals surface area contributed by atoms with Crippen LogP contribution in [-0.4, -0.2) is 12.1 Å². The first-order valence-corrected chi connectivity index (χ1v) is 7.79. The Bertz CT molecular complexity index is 896. The van der Waals surface area contributed by atoms with Gasteiger partial charge in [0.2, 0.25) is 11.6 Å². The maximum absolute atomic E-state index is 13.8. The van der Waals surface area contributed by atoms with E-state index in [-0.39, 0.29) is 23.0 Å². The van der Waals surface area contributed by atoms with Crippen LogP contribution in [0.25, 0.3) is 0 Å². The van der Waals surface area contributed by atoms with E-state index >= 15 is 0 Å². The van der Waals surface area contributed by atoms with Crippen LogP contribution in [0.4, 0.5) is 17.6 Å². The maximum atomic E-state index is 13.8. The van der Waals surface area contributed by atoms with Gasteiger partial charge in [-0.3, -0.25) is 0 Å². The number of nitriles is 1. The molecule has 0 amide bonds. The molecule has 0 aliphatic rings. The summed E-state index contributed by atoms with van der Waals surface area (Å²) in [6, 6.07) is 5.52. The minimum atomic E-state index is -2.10. The highest BCUT2D eigenvalue weighted by atomic mass is 31.0. The molecule has 0 fully saturated rings. The van der Waals surface area contributed by atoms with E-state index in [0.29, 0.717) is 0 Å². The maximum Gasteiger partial charge on any atom is 0.343 e. The van der Waals surface area contributed by atoms with Crippen LogP contribution in [0, 0.1) is 34.6 Å². The lowest BCUT2D eigenvalue weighted by Crippen LogP contribution is -2.19. The Kier molecular flexibility index (Phi) is 5.83. The number of nitrogens with zero attached hydrogens (tertiary/aromatic N) is 1. The predicted octanol–water partition coefficient (Wildman–Crippen LogP) is 3.62. The molecule has 0 radical (unpaired) electrons. The van der Waals surface area contributed by atoms with E-state index in [4.69, 9.17) is 10.00 Å². The third-order valence-corrected chi connectivity index (χ3v) is 3.67. The van der Waals surface area contributed by atoms with Gasteiger partial charge in [-0.2, -0.15) is 9.65 Å². The number of carbonyl (C=O) groups excluding carboxylic acids is 1. The van der Waals surface area contributed by atoms with Crippen LogP contribution < -0.4 is 14.8 Å². The van der Waals surface area contributed by atoms with E-state index in [2.05, 4.69) is 4.74 Å². The molecule has 4 nitrogen and oxygen atoms in total. The van der Waals surface area contributed by atoms with Crippen LogP contribution in [0.5, 0.6) is 11.5 Å². The molecule has 0 aliphatic heterocycles. The molecular formula is C17H12F4NO3P. The smallest absolute Gasteiger partial charge is 0.343 e. The van der Waals surface area contributed by atoms with Crippen LogP contribution >= 0.6 is 9.24 Å². The fourth-order valence-corrected chi connectivity index (χ4v) is 2.29. The normalized spacial score (nSPS) is 10.6. The SMILES string of the molecule is CC(C)Oc1ccc(C(=O)Oc2c(F)c(F)c(F)c(F)c2P)cc1C#N. The van der Waals surface area contributed by atoms with Crippen molar-refractivity contribution in [3.05, 3.63) is 52.6 Å². The standard InChI is InChI=1S/C17H12F4NO3P/c1-7(2)24-10-4-3-8(5-9(10)6-22)17(23)25-15-13(20)11(18)12(19)14(21)16(15)26/h3-5,7H,26H2,1-2H3. The van der Waals surface area contributed by atoms with Crippen molar-refractivity contribution >= 4 is 20.5 Å². The van der Waals surface area contributed by atoms with Crippen molar-refractivity contribution in [3.63, 3.8) is 0 Å². The van der Waals surface area contributed by atoms with Gasteiger partial charge in [0, 0.05) is 0 Å². The zero-order chi connectivity index (χ0) is 19.6. The van der Waals surface area contributed by atoms with E-state index < -0.39 is 40.3 Å². The highest BCUT2D eigenvalue weighted by Crippen LogP contribution is 2.27. The van der Waals surface area contributed by atoms with Crippen LogP contribution in [0.2, 0.25) is 0 Å². The van der Waals surface area contributed by atoms with Crippen molar-refractivity contribution in [2.75, 3.05) is 0 Å². The molecule has 1 unspecified atom stereocenters. The zero-order valence-corrected chi connectivity index (χ0v) is 14.7. The average Bonchev–Trinajstić information content (AvgIpc) is 2.61. The number of carbonyl (C=O) groups is 1. The molecule has 2 aromatic rings. The third-order valence-electron chi connectivity index (χ3n) is 3.15. The Balaban J connectivity index is 2.39. The lowest BCUT2D eigenvalue weighted by atomic mass is 10.1. The Morgan fingerprint density at radius 2 is 1.73 bits per heavy atom. The highest BCUT2D eigenvalue weighted by molar-refractivity contribution is 7.27. The van der Waals surface area contributed by atoms with Crippen molar-refractivity contribution in [2.24, 2.45) is 0 Å². The van der Waals surface area contributed by atoms with Gasteiger partial charge in [-0.25, -0.2) is 18.0 Å². The minimum absolute atomic E-state index is 0.0104. The average molecular weight is 385 g/mol. The number of esters is 1. The van der Waals surface area contributed by atoms with Crippen molar-refractivity contribution in [2.45, 2.75) is 20.0 Å². The lowest BCUT2D eigenvalue weighted by Gasteiger charge is -2.13. The van der Waals surface area contributed by atoms with Gasteiger partial charge < -0.3 is 9.47 Å². The number of rotatable bonds is 4.